The Balaban J connectivity index is 1.56. The monoisotopic (exact) mass is 491 g/mol. The van der Waals surface area contributed by atoms with Crippen LogP contribution in [0.25, 0.3) is 10.9 Å². The highest BCUT2D eigenvalue weighted by Crippen LogP contribution is 2.50. The first kappa shape index (κ1) is 24.6. The molecule has 0 aliphatic carbocycles. The zero-order chi connectivity index (χ0) is 25.3. The molecular formula is C28H37N5O3. The number of benzene rings is 1. The molecule has 0 radical (unpaired) electrons. The van der Waals surface area contributed by atoms with E-state index in [1.54, 1.807) is 7.11 Å². The summed E-state index contributed by atoms with van der Waals surface area (Å²) in [4.78, 5) is 22.0. The van der Waals surface area contributed by atoms with Crippen LogP contribution in [0.1, 0.15) is 49.0 Å². The fraction of sp³-hybridized carbons (Fsp3) is 0.500. The topological polar surface area (TPSA) is 82.9 Å². The van der Waals surface area contributed by atoms with Crippen LogP contribution in [0.3, 0.4) is 0 Å². The third kappa shape index (κ3) is 4.22. The number of aliphatic hydroxyl groups is 1. The first-order valence-corrected chi connectivity index (χ1v) is 12.9. The van der Waals surface area contributed by atoms with Crippen LogP contribution in [0.5, 0.6) is 5.75 Å². The van der Waals surface area contributed by atoms with Gasteiger partial charge in [0, 0.05) is 61.6 Å². The number of methoxy groups -OCH3 is 1. The molecule has 8 nitrogen and oxygen atoms in total. The number of aryl methyl sites for hydroxylation is 1. The smallest absolute Gasteiger partial charge is 0.318 e. The van der Waals surface area contributed by atoms with Gasteiger partial charge in [0.25, 0.3) is 0 Å². The van der Waals surface area contributed by atoms with Crippen molar-refractivity contribution in [2.45, 2.75) is 44.2 Å². The van der Waals surface area contributed by atoms with Crippen molar-refractivity contribution in [3.8, 4) is 5.75 Å². The molecule has 0 saturated carbocycles. The van der Waals surface area contributed by atoms with Crippen LogP contribution in [0.15, 0.2) is 42.7 Å². The number of aliphatic hydroxyl groups excluding tert-OH is 1. The average molecular weight is 492 g/mol. The molecule has 0 unspecified atom stereocenters. The van der Waals surface area contributed by atoms with Gasteiger partial charge in [-0.2, -0.15) is 0 Å². The van der Waals surface area contributed by atoms with E-state index in [0.29, 0.717) is 13.1 Å². The number of ether oxygens (including phenoxy) is 1. The number of carbonyl (C=O) groups is 1. The summed E-state index contributed by atoms with van der Waals surface area (Å²) in [5.41, 5.74) is 4.45. The number of fused-ring (bicyclic) bond motifs is 4. The fourth-order valence-electron chi connectivity index (χ4n) is 6.20. The van der Waals surface area contributed by atoms with Gasteiger partial charge in [0.15, 0.2) is 0 Å². The number of likely N-dealkylation sites (tertiary alicyclic amines) is 1. The second-order valence-corrected chi connectivity index (χ2v) is 10.2. The van der Waals surface area contributed by atoms with Crippen molar-refractivity contribution in [1.82, 2.24) is 24.7 Å². The summed E-state index contributed by atoms with van der Waals surface area (Å²) in [7, 11) is 3.72. The fourth-order valence-corrected chi connectivity index (χ4v) is 6.20. The van der Waals surface area contributed by atoms with E-state index in [-0.39, 0.29) is 24.1 Å². The molecule has 1 aromatic carbocycles. The van der Waals surface area contributed by atoms with E-state index in [2.05, 4.69) is 44.9 Å². The van der Waals surface area contributed by atoms with Crippen LogP contribution in [-0.2, 0) is 19.0 Å². The zero-order valence-corrected chi connectivity index (χ0v) is 21.5. The Morgan fingerprint density at radius 3 is 2.75 bits per heavy atom. The van der Waals surface area contributed by atoms with Crippen LogP contribution < -0.4 is 10.1 Å². The number of hydrogen-bond donors (Lipinski definition) is 2. The summed E-state index contributed by atoms with van der Waals surface area (Å²) in [6.07, 6.45) is 6.51. The quantitative estimate of drug-likeness (QED) is 0.551. The Labute approximate surface area is 212 Å². The minimum atomic E-state index is -0.390. The van der Waals surface area contributed by atoms with Crippen molar-refractivity contribution in [2.24, 2.45) is 7.05 Å². The molecule has 0 bridgehead atoms. The van der Waals surface area contributed by atoms with E-state index in [4.69, 9.17) is 4.74 Å². The van der Waals surface area contributed by atoms with Crippen LogP contribution >= 0.6 is 0 Å². The van der Waals surface area contributed by atoms with E-state index in [9.17, 15) is 9.90 Å². The standard InChI is InChI=1S/C28H37N5O3/c1-4-11-30-27(35)33-19-28(9-13-32(14-10-28)17-20-6-5-12-29-16-20)25-22-8-7-21(36-3)15-23(22)31(2)26(25)24(33)18-34/h5-8,12,15-16,24,34H,4,9-11,13-14,17-19H2,1-3H3,(H,30,35)/t24-/m1/s1. The van der Waals surface area contributed by atoms with Gasteiger partial charge in [-0.15, -0.1) is 0 Å². The predicted octanol–water partition coefficient (Wildman–Crippen LogP) is 3.58. The highest BCUT2D eigenvalue weighted by molar-refractivity contribution is 5.89. The lowest BCUT2D eigenvalue weighted by Crippen LogP contribution is -2.57. The zero-order valence-electron chi connectivity index (χ0n) is 21.5. The molecule has 192 valence electrons. The third-order valence-corrected chi connectivity index (χ3v) is 8.05. The summed E-state index contributed by atoms with van der Waals surface area (Å²) in [6.45, 7) is 5.92. The van der Waals surface area contributed by atoms with Crippen LogP contribution in [0.2, 0.25) is 0 Å². The van der Waals surface area contributed by atoms with Crippen molar-refractivity contribution < 1.29 is 14.6 Å². The summed E-state index contributed by atoms with van der Waals surface area (Å²) >= 11 is 0. The summed E-state index contributed by atoms with van der Waals surface area (Å²) < 4.78 is 7.69. The Morgan fingerprint density at radius 1 is 1.28 bits per heavy atom. The molecule has 1 spiro atoms. The third-order valence-electron chi connectivity index (χ3n) is 8.05. The normalized spacial score (nSPS) is 19.4. The Morgan fingerprint density at radius 2 is 2.08 bits per heavy atom. The number of nitrogens with zero attached hydrogens (tertiary/aromatic N) is 4. The lowest BCUT2D eigenvalue weighted by Gasteiger charge is -2.50. The molecule has 2 N–H and O–H groups in total. The summed E-state index contributed by atoms with van der Waals surface area (Å²) in [5, 5.41) is 14.8. The van der Waals surface area contributed by atoms with Crippen molar-refractivity contribution in [3.63, 3.8) is 0 Å². The Kier molecular flexibility index (Phi) is 6.90. The van der Waals surface area contributed by atoms with Gasteiger partial charge in [-0.05, 0) is 61.7 Å². The molecule has 2 aliphatic heterocycles. The number of carbonyl (C=O) groups excluding carboxylic acids is 1. The van der Waals surface area contributed by atoms with Crippen LogP contribution in [0.4, 0.5) is 4.79 Å². The van der Waals surface area contributed by atoms with E-state index in [1.165, 1.54) is 16.5 Å². The predicted molar refractivity (Wildman–Crippen MR) is 140 cm³/mol. The van der Waals surface area contributed by atoms with Crippen molar-refractivity contribution in [1.29, 1.82) is 0 Å². The average Bonchev–Trinajstić information content (AvgIpc) is 3.21. The van der Waals surface area contributed by atoms with Gasteiger partial charge >= 0.3 is 6.03 Å². The minimum Gasteiger partial charge on any atom is -0.497 e. The lowest BCUT2D eigenvalue weighted by molar-refractivity contribution is 0.0647. The Hall–Kier alpha value is -3.10. The van der Waals surface area contributed by atoms with E-state index in [0.717, 1.165) is 55.9 Å². The molecule has 1 fully saturated rings. The van der Waals surface area contributed by atoms with Crippen LogP contribution in [0, 0.1) is 0 Å². The molecule has 1 atom stereocenters. The number of aromatic nitrogens is 2. The van der Waals surface area contributed by atoms with E-state index >= 15 is 0 Å². The minimum absolute atomic E-state index is 0.0958. The number of nitrogens with one attached hydrogen (secondary N) is 1. The molecule has 5 rings (SSSR count). The second-order valence-electron chi connectivity index (χ2n) is 10.2. The van der Waals surface area contributed by atoms with Gasteiger partial charge in [-0.25, -0.2) is 4.79 Å². The van der Waals surface area contributed by atoms with Gasteiger partial charge in [-0.3, -0.25) is 9.88 Å². The number of urea groups is 1. The van der Waals surface area contributed by atoms with E-state index < -0.39 is 0 Å². The highest BCUT2D eigenvalue weighted by Gasteiger charge is 2.49. The maximum atomic E-state index is 13.4. The number of pyridine rings is 1. The number of amides is 2. The van der Waals surface area contributed by atoms with Crippen molar-refractivity contribution >= 4 is 16.9 Å². The molecule has 2 aliphatic rings. The molecule has 2 amide bonds. The van der Waals surface area contributed by atoms with Gasteiger partial charge in [0.2, 0.25) is 0 Å². The highest BCUT2D eigenvalue weighted by atomic mass is 16.5. The molecule has 3 aromatic rings. The molecule has 36 heavy (non-hydrogen) atoms. The van der Waals surface area contributed by atoms with Gasteiger partial charge in [0.05, 0.1) is 25.3 Å². The van der Waals surface area contributed by atoms with Gasteiger partial charge in [-0.1, -0.05) is 13.0 Å². The molecule has 1 saturated heterocycles. The molecular weight excluding hydrogens is 454 g/mol. The second kappa shape index (κ2) is 10.1. The first-order chi connectivity index (χ1) is 17.5. The number of hydrogen-bond acceptors (Lipinski definition) is 5. The van der Waals surface area contributed by atoms with Crippen molar-refractivity contribution in [3.05, 3.63) is 59.5 Å². The Bertz CT molecular complexity index is 1220. The van der Waals surface area contributed by atoms with Crippen molar-refractivity contribution in [2.75, 3.05) is 39.9 Å². The molecule has 8 heteroatoms. The van der Waals surface area contributed by atoms with Gasteiger partial charge in [0.1, 0.15) is 5.75 Å². The summed E-state index contributed by atoms with van der Waals surface area (Å²) in [6, 6.07) is 9.86. The number of piperidine rings is 1. The number of rotatable bonds is 6. The molecule has 4 heterocycles. The van der Waals surface area contributed by atoms with Gasteiger partial charge < -0.3 is 24.6 Å². The maximum absolute atomic E-state index is 13.4. The lowest BCUT2D eigenvalue weighted by atomic mass is 9.68. The first-order valence-electron chi connectivity index (χ1n) is 12.9. The SMILES string of the molecule is CCCNC(=O)N1CC2(CCN(Cc3cccnc3)CC2)c2c(n(C)c3cc(OC)ccc23)[C@H]1CO. The van der Waals surface area contributed by atoms with E-state index in [1.807, 2.05) is 36.5 Å². The molecule has 2 aromatic heterocycles. The summed E-state index contributed by atoms with van der Waals surface area (Å²) in [5.74, 6) is 0.805. The van der Waals surface area contributed by atoms with Crippen LogP contribution in [-0.4, -0.2) is 70.4 Å². The maximum Gasteiger partial charge on any atom is 0.318 e. The largest absolute Gasteiger partial charge is 0.497 e.